The number of hydrogen-bond acceptors (Lipinski definition) is 6. The Labute approximate surface area is 211 Å². The van der Waals surface area contributed by atoms with Gasteiger partial charge in [0.25, 0.3) is 0 Å². The minimum absolute atomic E-state index is 0.0953. The molecule has 4 rings (SSSR count). The Bertz CT molecular complexity index is 1420. The van der Waals surface area contributed by atoms with Gasteiger partial charge in [-0.3, -0.25) is 9.59 Å². The average Bonchev–Trinajstić information content (AvgIpc) is 3.15. The third kappa shape index (κ3) is 5.09. The molecule has 9 heteroatoms. The van der Waals surface area contributed by atoms with Crippen molar-refractivity contribution < 1.29 is 23.8 Å². The van der Waals surface area contributed by atoms with Gasteiger partial charge in [-0.1, -0.05) is 53.5 Å². The number of ketones is 1. The Balaban J connectivity index is 2.04. The van der Waals surface area contributed by atoms with Gasteiger partial charge in [0.15, 0.2) is 5.76 Å². The summed E-state index contributed by atoms with van der Waals surface area (Å²) in [4.78, 5) is 30.1. The summed E-state index contributed by atoms with van der Waals surface area (Å²) in [6, 6.07) is 16.1. The number of fused-ring (bicyclic) bond motifs is 1. The molecule has 180 valence electrons. The average molecular weight is 513 g/mol. The molecule has 4 aromatic rings. The second kappa shape index (κ2) is 9.79. The highest BCUT2D eigenvalue weighted by Crippen LogP contribution is 2.41. The van der Waals surface area contributed by atoms with E-state index in [1.807, 2.05) is 30.3 Å². The van der Waals surface area contributed by atoms with Crippen LogP contribution >= 0.6 is 23.2 Å². The number of nitrogens with zero attached hydrogens (tertiary/aromatic N) is 1. The number of methoxy groups -OCH3 is 1. The first kappa shape index (κ1) is 24.9. The summed E-state index contributed by atoms with van der Waals surface area (Å²) in [5.41, 5.74) is 1.06. The fraction of sp³-hybridized carbons (Fsp3) is 0.192. The zero-order chi connectivity index (χ0) is 25.3. The van der Waals surface area contributed by atoms with Gasteiger partial charge >= 0.3 is 0 Å². The number of carbonyl (C=O) groups is 2. The predicted octanol–water partition coefficient (Wildman–Crippen LogP) is 6.01. The number of hydrogen-bond donors (Lipinski definition) is 2. The van der Waals surface area contributed by atoms with Crippen molar-refractivity contribution in [3.63, 3.8) is 0 Å². The van der Waals surface area contributed by atoms with Crippen molar-refractivity contribution in [3.8, 4) is 22.4 Å². The van der Waals surface area contributed by atoms with E-state index in [9.17, 15) is 14.7 Å². The number of benzene rings is 2. The van der Waals surface area contributed by atoms with E-state index < -0.39 is 17.3 Å². The molecule has 0 aliphatic heterocycles. The van der Waals surface area contributed by atoms with Crippen molar-refractivity contribution in [2.24, 2.45) is 0 Å². The van der Waals surface area contributed by atoms with Gasteiger partial charge in [0.05, 0.1) is 11.1 Å². The number of ether oxygens (including phenoxy) is 1. The smallest absolute Gasteiger partial charge is 0.250 e. The van der Waals surface area contributed by atoms with Crippen molar-refractivity contribution in [2.45, 2.75) is 19.4 Å². The lowest BCUT2D eigenvalue weighted by Gasteiger charge is -2.14. The molecule has 1 amide bonds. The molecule has 2 heterocycles. The molecule has 0 aliphatic carbocycles. The van der Waals surface area contributed by atoms with Crippen LogP contribution in [0.15, 0.2) is 59.0 Å². The molecule has 0 unspecified atom stereocenters. The van der Waals surface area contributed by atoms with Crippen LogP contribution in [0.2, 0.25) is 10.0 Å². The van der Waals surface area contributed by atoms with Crippen molar-refractivity contribution in [3.05, 3.63) is 70.4 Å². The van der Waals surface area contributed by atoms with Crippen molar-refractivity contribution in [1.82, 2.24) is 4.98 Å². The molecule has 2 aromatic carbocycles. The van der Waals surface area contributed by atoms with Crippen LogP contribution < -0.4 is 5.32 Å². The Morgan fingerprint density at radius 1 is 1.09 bits per heavy atom. The summed E-state index contributed by atoms with van der Waals surface area (Å²) in [5, 5.41) is 14.4. The summed E-state index contributed by atoms with van der Waals surface area (Å²) >= 11 is 12.6. The molecule has 0 radical (unpaired) electrons. The maximum absolute atomic E-state index is 13.0. The van der Waals surface area contributed by atoms with Crippen LogP contribution in [0.5, 0.6) is 0 Å². The Kier molecular flexibility index (Phi) is 6.96. The van der Waals surface area contributed by atoms with E-state index in [1.165, 1.54) is 21.0 Å². The van der Waals surface area contributed by atoms with Gasteiger partial charge in [-0.25, -0.2) is 4.98 Å². The minimum atomic E-state index is -1.75. The first-order chi connectivity index (χ1) is 16.6. The topological polar surface area (TPSA) is 102 Å². The summed E-state index contributed by atoms with van der Waals surface area (Å²) in [5.74, 6) is -1.43. The molecule has 2 aromatic heterocycles. The fourth-order valence-electron chi connectivity index (χ4n) is 3.60. The zero-order valence-corrected chi connectivity index (χ0v) is 20.7. The number of furan rings is 1. The molecule has 0 saturated heterocycles. The molecule has 0 saturated carbocycles. The number of pyridine rings is 1. The number of aliphatic hydroxyl groups is 1. The van der Waals surface area contributed by atoms with Gasteiger partial charge in [-0.15, -0.1) is 0 Å². The van der Waals surface area contributed by atoms with Crippen molar-refractivity contribution in [1.29, 1.82) is 0 Å². The van der Waals surface area contributed by atoms with Crippen molar-refractivity contribution >= 4 is 51.7 Å². The predicted molar refractivity (Wildman–Crippen MR) is 136 cm³/mol. The highest BCUT2D eigenvalue weighted by Gasteiger charge is 2.33. The molecule has 35 heavy (non-hydrogen) atoms. The molecule has 7 nitrogen and oxygen atoms in total. The van der Waals surface area contributed by atoms with Crippen LogP contribution in [0.4, 0.5) is 5.69 Å². The molecule has 2 N–H and O–H groups in total. The van der Waals surface area contributed by atoms with E-state index in [2.05, 4.69) is 5.32 Å². The molecular formula is C26H22Cl2N2O5. The van der Waals surface area contributed by atoms with E-state index in [4.69, 9.17) is 37.3 Å². The lowest BCUT2D eigenvalue weighted by atomic mass is 9.97. The Hall–Kier alpha value is -3.23. The maximum Gasteiger partial charge on any atom is 0.250 e. The quantitative estimate of drug-likeness (QED) is 0.294. The van der Waals surface area contributed by atoms with Crippen LogP contribution in [0.1, 0.15) is 24.4 Å². The summed E-state index contributed by atoms with van der Waals surface area (Å²) in [6.45, 7) is 2.44. The van der Waals surface area contributed by atoms with Gasteiger partial charge in [0.1, 0.15) is 17.9 Å². The SMILES string of the molecule is COCC(=O)Nc1c(C(=O)C(C)(C)O)oc2nc(-c3ccccc3Cl)c(-c3ccc(Cl)cc3)cc12. The van der Waals surface area contributed by atoms with E-state index in [-0.39, 0.29) is 23.8 Å². The number of halogens is 2. The summed E-state index contributed by atoms with van der Waals surface area (Å²) in [6.07, 6.45) is 0. The Morgan fingerprint density at radius 2 is 1.77 bits per heavy atom. The monoisotopic (exact) mass is 512 g/mol. The number of rotatable bonds is 7. The molecular weight excluding hydrogens is 491 g/mol. The molecule has 0 bridgehead atoms. The largest absolute Gasteiger partial charge is 0.432 e. The van der Waals surface area contributed by atoms with Gasteiger partial charge in [0.2, 0.25) is 17.4 Å². The van der Waals surface area contributed by atoms with Gasteiger partial charge < -0.3 is 19.6 Å². The summed E-state index contributed by atoms with van der Waals surface area (Å²) in [7, 11) is 1.38. The normalized spacial score (nSPS) is 11.6. The highest BCUT2D eigenvalue weighted by molar-refractivity contribution is 6.33. The zero-order valence-electron chi connectivity index (χ0n) is 19.2. The van der Waals surface area contributed by atoms with E-state index in [0.717, 1.165) is 5.56 Å². The number of nitrogens with one attached hydrogen (secondary N) is 1. The van der Waals surface area contributed by atoms with Crippen LogP contribution in [-0.4, -0.2) is 41.1 Å². The lowest BCUT2D eigenvalue weighted by molar-refractivity contribution is -0.119. The van der Waals surface area contributed by atoms with E-state index in [0.29, 0.717) is 32.3 Å². The highest BCUT2D eigenvalue weighted by atomic mass is 35.5. The molecule has 0 aliphatic rings. The van der Waals surface area contributed by atoms with Crippen LogP contribution in [0.25, 0.3) is 33.5 Å². The van der Waals surface area contributed by atoms with Crippen LogP contribution in [0, 0.1) is 0 Å². The second-order valence-electron chi connectivity index (χ2n) is 8.40. The first-order valence-electron chi connectivity index (χ1n) is 10.6. The van der Waals surface area contributed by atoms with Gasteiger partial charge in [-0.05, 0) is 43.7 Å². The standard InChI is InChI=1S/C26H22Cl2N2O5/c1-26(2,33)24(32)23-22(29-20(31)13-34-3)18-12-17(14-8-10-15(27)11-9-14)21(30-25(18)35-23)16-6-4-5-7-19(16)28/h4-12,33H,13H2,1-3H3,(H,29,31). The Morgan fingerprint density at radius 3 is 2.40 bits per heavy atom. The lowest BCUT2D eigenvalue weighted by Crippen LogP contribution is -2.31. The third-order valence-electron chi connectivity index (χ3n) is 5.27. The number of amides is 1. The van der Waals surface area contributed by atoms with Crippen LogP contribution in [-0.2, 0) is 9.53 Å². The molecule has 0 fully saturated rings. The second-order valence-corrected chi connectivity index (χ2v) is 9.24. The van der Waals surface area contributed by atoms with Gasteiger partial charge in [0, 0.05) is 28.3 Å². The number of carbonyl (C=O) groups excluding carboxylic acids is 2. The third-order valence-corrected chi connectivity index (χ3v) is 5.85. The maximum atomic E-state index is 13.0. The molecule has 0 atom stereocenters. The number of aromatic nitrogens is 1. The fourth-order valence-corrected chi connectivity index (χ4v) is 3.95. The summed E-state index contributed by atoms with van der Waals surface area (Å²) < 4.78 is 10.7. The van der Waals surface area contributed by atoms with E-state index in [1.54, 1.807) is 24.3 Å². The first-order valence-corrected chi connectivity index (χ1v) is 11.4. The van der Waals surface area contributed by atoms with Gasteiger partial charge in [-0.2, -0.15) is 0 Å². The molecule has 0 spiro atoms. The minimum Gasteiger partial charge on any atom is -0.432 e. The van der Waals surface area contributed by atoms with E-state index >= 15 is 0 Å². The number of anilines is 1. The number of Topliss-reactive ketones (excluding diaryl/α,β-unsaturated/α-hetero) is 1. The van der Waals surface area contributed by atoms with Crippen molar-refractivity contribution in [2.75, 3.05) is 19.0 Å². The van der Waals surface area contributed by atoms with Crippen LogP contribution in [0.3, 0.4) is 0 Å².